The van der Waals surface area contributed by atoms with Crippen LogP contribution >= 0.6 is 11.3 Å². The predicted octanol–water partition coefficient (Wildman–Crippen LogP) is 2.65. The molecule has 1 N–H and O–H groups in total. The van der Waals surface area contributed by atoms with Crippen molar-refractivity contribution >= 4 is 27.3 Å². The molecule has 132 valence electrons. The van der Waals surface area contributed by atoms with Gasteiger partial charge in [0, 0.05) is 11.1 Å². The van der Waals surface area contributed by atoms with E-state index >= 15 is 0 Å². The van der Waals surface area contributed by atoms with Gasteiger partial charge >= 0.3 is 6.18 Å². The number of carbonyl (C=O) groups is 1. The minimum Gasteiger partial charge on any atom is -0.272 e. The van der Waals surface area contributed by atoms with Crippen molar-refractivity contribution < 1.29 is 26.4 Å². The number of hydrogen-bond donors (Lipinski definition) is 1. The molecule has 2 heterocycles. The van der Waals surface area contributed by atoms with Crippen LogP contribution < -0.4 is 4.72 Å². The Kier molecular flexibility index (Phi) is 4.77. The average molecular weight is 381 g/mol. The molecule has 0 aliphatic carbocycles. The first-order valence-electron chi connectivity index (χ1n) is 6.68. The molecular formula is C13H14F3N3O3S2. The Bertz CT molecular complexity index is 869. The van der Waals surface area contributed by atoms with Gasteiger partial charge in [0.05, 0.1) is 0 Å². The summed E-state index contributed by atoms with van der Waals surface area (Å²) < 4.78 is 64.7. The molecule has 0 aliphatic rings. The standard InChI is InChI=1S/C13H14F3N3O3S2/c1-7-6-8(2)23-12(7)24(21,22)18-11(20)9(3)19-5-4-10(17-19)13(14,15)16/h4-6,9H,1-3H3,(H,18,20). The maximum absolute atomic E-state index is 12.5. The predicted molar refractivity (Wildman–Crippen MR) is 81.1 cm³/mol. The summed E-state index contributed by atoms with van der Waals surface area (Å²) in [5.74, 6) is -0.975. The molecule has 0 saturated heterocycles. The molecule has 2 aromatic heterocycles. The van der Waals surface area contributed by atoms with Gasteiger partial charge in [0.1, 0.15) is 10.3 Å². The molecule has 0 spiro atoms. The fourth-order valence-electron chi connectivity index (χ4n) is 1.98. The number of thiophene rings is 1. The first-order chi connectivity index (χ1) is 10.9. The summed E-state index contributed by atoms with van der Waals surface area (Å²) in [6, 6.07) is 1.15. The molecule has 1 unspecified atom stereocenters. The van der Waals surface area contributed by atoms with E-state index in [1.165, 1.54) is 6.92 Å². The van der Waals surface area contributed by atoms with Crippen LogP contribution in [0.15, 0.2) is 22.5 Å². The van der Waals surface area contributed by atoms with E-state index in [1.807, 2.05) is 4.72 Å². The maximum atomic E-state index is 12.5. The number of alkyl halides is 3. The van der Waals surface area contributed by atoms with Gasteiger partial charge in [-0.3, -0.25) is 9.48 Å². The molecule has 0 saturated carbocycles. The van der Waals surface area contributed by atoms with E-state index in [0.717, 1.165) is 27.1 Å². The summed E-state index contributed by atoms with van der Waals surface area (Å²) in [4.78, 5) is 12.8. The molecule has 0 aliphatic heterocycles. The molecule has 6 nitrogen and oxygen atoms in total. The van der Waals surface area contributed by atoms with Crippen molar-refractivity contribution in [2.45, 2.75) is 37.2 Å². The zero-order valence-electron chi connectivity index (χ0n) is 12.9. The van der Waals surface area contributed by atoms with Gasteiger partial charge in [0.25, 0.3) is 15.9 Å². The molecular weight excluding hydrogens is 367 g/mol. The second-order valence-corrected chi connectivity index (χ2v) is 8.29. The zero-order valence-corrected chi connectivity index (χ0v) is 14.5. The van der Waals surface area contributed by atoms with Crippen LogP contribution in [0.2, 0.25) is 0 Å². The van der Waals surface area contributed by atoms with Gasteiger partial charge in [-0.05, 0) is 38.5 Å². The Morgan fingerprint density at radius 1 is 1.38 bits per heavy atom. The fourth-order valence-corrected chi connectivity index (χ4v) is 4.69. The van der Waals surface area contributed by atoms with Gasteiger partial charge in [-0.2, -0.15) is 18.3 Å². The first kappa shape index (κ1) is 18.5. The van der Waals surface area contributed by atoms with Crippen molar-refractivity contribution in [3.63, 3.8) is 0 Å². The van der Waals surface area contributed by atoms with Crippen molar-refractivity contribution in [1.29, 1.82) is 0 Å². The normalized spacial score (nSPS) is 13.8. The molecule has 1 amide bonds. The lowest BCUT2D eigenvalue weighted by Crippen LogP contribution is -2.36. The lowest BCUT2D eigenvalue weighted by molar-refractivity contribution is -0.142. The molecule has 11 heteroatoms. The highest BCUT2D eigenvalue weighted by Gasteiger charge is 2.34. The average Bonchev–Trinajstić information content (AvgIpc) is 3.03. The van der Waals surface area contributed by atoms with Crippen molar-refractivity contribution in [3.05, 3.63) is 34.5 Å². The van der Waals surface area contributed by atoms with Gasteiger partial charge in [-0.15, -0.1) is 11.3 Å². The van der Waals surface area contributed by atoms with Crippen molar-refractivity contribution in [3.8, 4) is 0 Å². The fraction of sp³-hybridized carbons (Fsp3) is 0.385. The van der Waals surface area contributed by atoms with Crippen molar-refractivity contribution in [1.82, 2.24) is 14.5 Å². The molecule has 0 radical (unpaired) electrons. The van der Waals surface area contributed by atoms with Crippen LogP contribution in [0, 0.1) is 13.8 Å². The number of rotatable bonds is 4. The number of halogens is 3. The van der Waals surface area contributed by atoms with Crippen LogP contribution in [-0.2, 0) is 21.0 Å². The summed E-state index contributed by atoms with van der Waals surface area (Å²) in [5.41, 5.74) is -0.668. The van der Waals surface area contributed by atoms with Crippen molar-refractivity contribution in [2.75, 3.05) is 0 Å². The zero-order chi connectivity index (χ0) is 18.3. The van der Waals surface area contributed by atoms with Crippen LogP contribution in [0.5, 0.6) is 0 Å². The molecule has 1 atom stereocenters. The second-order valence-electron chi connectivity index (χ2n) is 5.15. The monoisotopic (exact) mass is 381 g/mol. The van der Waals surface area contributed by atoms with Crippen LogP contribution in [0.3, 0.4) is 0 Å². The van der Waals surface area contributed by atoms with E-state index in [4.69, 9.17) is 0 Å². The van der Waals surface area contributed by atoms with Crippen LogP contribution in [-0.4, -0.2) is 24.1 Å². The largest absolute Gasteiger partial charge is 0.435 e. The summed E-state index contributed by atoms with van der Waals surface area (Å²) in [6.45, 7) is 4.57. The minimum atomic E-state index is -4.64. The van der Waals surface area contributed by atoms with Gasteiger partial charge in [0.15, 0.2) is 5.69 Å². The Morgan fingerprint density at radius 3 is 2.46 bits per heavy atom. The SMILES string of the molecule is Cc1cc(C)c(S(=O)(=O)NC(=O)C(C)n2ccc(C(F)(F)F)n2)s1. The van der Waals surface area contributed by atoms with Gasteiger partial charge in [0.2, 0.25) is 0 Å². The van der Waals surface area contributed by atoms with Gasteiger partial charge in [-0.25, -0.2) is 13.1 Å². The Hall–Kier alpha value is -1.88. The van der Waals surface area contributed by atoms with Crippen molar-refractivity contribution in [2.24, 2.45) is 0 Å². The Morgan fingerprint density at radius 2 is 2.00 bits per heavy atom. The molecule has 2 aromatic rings. The highest BCUT2D eigenvalue weighted by atomic mass is 32.2. The number of carbonyl (C=O) groups excluding carboxylic acids is 1. The first-order valence-corrected chi connectivity index (χ1v) is 8.98. The number of aromatic nitrogens is 2. The number of aryl methyl sites for hydroxylation is 2. The third-order valence-electron chi connectivity index (χ3n) is 3.15. The number of sulfonamides is 1. The highest BCUT2D eigenvalue weighted by molar-refractivity contribution is 7.92. The molecule has 0 aromatic carbocycles. The van der Waals surface area contributed by atoms with E-state index in [0.29, 0.717) is 11.6 Å². The van der Waals surface area contributed by atoms with Gasteiger partial charge < -0.3 is 0 Å². The second kappa shape index (κ2) is 6.20. The smallest absolute Gasteiger partial charge is 0.272 e. The number of amides is 1. The number of nitrogens with zero attached hydrogens (tertiary/aromatic N) is 2. The number of nitrogens with one attached hydrogen (secondary N) is 1. The molecule has 0 fully saturated rings. The van der Waals surface area contributed by atoms with Crippen LogP contribution in [0.1, 0.15) is 29.1 Å². The molecule has 2 rings (SSSR count). The Labute approximate surface area is 140 Å². The highest BCUT2D eigenvalue weighted by Crippen LogP contribution is 2.28. The Balaban J connectivity index is 2.20. The maximum Gasteiger partial charge on any atom is 0.435 e. The lowest BCUT2D eigenvalue weighted by atomic mass is 10.3. The summed E-state index contributed by atoms with van der Waals surface area (Å²) in [5, 5.41) is 3.27. The van der Waals surface area contributed by atoms with Crippen LogP contribution in [0.4, 0.5) is 13.2 Å². The third kappa shape index (κ3) is 3.78. The summed E-state index contributed by atoms with van der Waals surface area (Å²) in [6.07, 6.45) is -3.67. The van der Waals surface area contributed by atoms with Crippen LogP contribution in [0.25, 0.3) is 0 Å². The van der Waals surface area contributed by atoms with E-state index in [9.17, 15) is 26.4 Å². The summed E-state index contributed by atoms with van der Waals surface area (Å²) >= 11 is 1.00. The third-order valence-corrected chi connectivity index (χ3v) is 6.28. The van der Waals surface area contributed by atoms with Gasteiger partial charge in [-0.1, -0.05) is 0 Å². The quantitative estimate of drug-likeness (QED) is 0.883. The molecule has 24 heavy (non-hydrogen) atoms. The van der Waals surface area contributed by atoms with E-state index in [-0.39, 0.29) is 4.21 Å². The summed E-state index contributed by atoms with van der Waals surface area (Å²) in [7, 11) is -4.09. The number of hydrogen-bond acceptors (Lipinski definition) is 5. The topological polar surface area (TPSA) is 81.1 Å². The van der Waals surface area contributed by atoms with E-state index in [2.05, 4.69) is 5.10 Å². The van der Waals surface area contributed by atoms with E-state index < -0.39 is 33.8 Å². The minimum absolute atomic E-state index is 0.00278. The van der Waals surface area contributed by atoms with E-state index in [1.54, 1.807) is 19.9 Å². The molecule has 0 bridgehead atoms. The lowest BCUT2D eigenvalue weighted by Gasteiger charge is -2.13.